The molecule has 1 aromatic heterocycles. The first kappa shape index (κ1) is 19.8. The van der Waals surface area contributed by atoms with Crippen molar-refractivity contribution in [1.29, 1.82) is 0 Å². The maximum atomic E-state index is 12.9. The summed E-state index contributed by atoms with van der Waals surface area (Å²) in [5.74, 6) is 0.168. The molecule has 0 unspecified atom stereocenters. The Morgan fingerprint density at radius 3 is 2.56 bits per heavy atom. The largest absolute Gasteiger partial charge is 0.496 e. The molecule has 0 fully saturated rings. The van der Waals surface area contributed by atoms with E-state index in [0.717, 1.165) is 4.90 Å². The van der Waals surface area contributed by atoms with Crippen LogP contribution in [0.2, 0.25) is 0 Å². The lowest BCUT2D eigenvalue weighted by Gasteiger charge is -2.27. The molecule has 2 aromatic rings. The van der Waals surface area contributed by atoms with Crippen molar-refractivity contribution >= 4 is 29.6 Å². The van der Waals surface area contributed by atoms with Gasteiger partial charge in [-0.25, -0.2) is 14.7 Å². The lowest BCUT2D eigenvalue weighted by molar-refractivity contribution is -0.384. The molecule has 0 aliphatic carbocycles. The smallest absolute Gasteiger partial charge is 0.420 e. The van der Waals surface area contributed by atoms with Crippen molar-refractivity contribution in [2.45, 2.75) is 26.4 Å². The number of amides is 1. The Bertz CT molecular complexity index is 876. The average Bonchev–Trinajstić information content (AvgIpc) is 2.61. The zero-order chi connectivity index (χ0) is 20.2. The summed E-state index contributed by atoms with van der Waals surface area (Å²) < 4.78 is 10.4. The van der Waals surface area contributed by atoms with Crippen molar-refractivity contribution in [3.05, 3.63) is 52.2 Å². The summed E-state index contributed by atoms with van der Waals surface area (Å²) in [5, 5.41) is 11.6. The summed E-state index contributed by atoms with van der Waals surface area (Å²) in [7, 11) is 1.37. The number of benzene rings is 1. The Labute approximate surface area is 155 Å². The molecule has 0 aliphatic rings. The van der Waals surface area contributed by atoms with Gasteiger partial charge in [0.2, 0.25) is 0 Å². The number of rotatable bonds is 5. The summed E-state index contributed by atoms with van der Waals surface area (Å²) >= 11 is 0. The number of aldehydes is 1. The van der Waals surface area contributed by atoms with E-state index in [2.05, 4.69) is 4.98 Å². The standard InChI is InChI=1S/C18H19N3O6/c1-18(2,3)27-17(23)20(16-12(11-22)6-5-9-19-16)14-8-7-13(26-4)10-15(14)21(24)25/h5-11H,1-4H3. The minimum Gasteiger partial charge on any atom is -0.496 e. The number of hydrogen-bond donors (Lipinski definition) is 0. The number of ether oxygens (including phenoxy) is 2. The highest BCUT2D eigenvalue weighted by Crippen LogP contribution is 2.37. The monoisotopic (exact) mass is 373 g/mol. The zero-order valence-corrected chi connectivity index (χ0v) is 15.3. The van der Waals surface area contributed by atoms with Crippen LogP contribution in [0.25, 0.3) is 0 Å². The fourth-order valence-electron chi connectivity index (χ4n) is 2.26. The highest BCUT2D eigenvalue weighted by Gasteiger charge is 2.32. The summed E-state index contributed by atoms with van der Waals surface area (Å²) in [4.78, 5) is 40.2. The summed E-state index contributed by atoms with van der Waals surface area (Å²) in [5.41, 5.74) is -1.29. The molecule has 2 rings (SSSR count). The normalized spacial score (nSPS) is 10.8. The number of methoxy groups -OCH3 is 1. The Morgan fingerprint density at radius 1 is 1.30 bits per heavy atom. The van der Waals surface area contributed by atoms with E-state index in [1.165, 1.54) is 43.6 Å². The molecule has 142 valence electrons. The summed E-state index contributed by atoms with van der Waals surface area (Å²) in [6, 6.07) is 6.94. The highest BCUT2D eigenvalue weighted by molar-refractivity contribution is 6.01. The second kappa shape index (κ2) is 7.81. The molecule has 0 aliphatic heterocycles. The van der Waals surface area contributed by atoms with Crippen molar-refractivity contribution in [1.82, 2.24) is 4.98 Å². The topological polar surface area (TPSA) is 112 Å². The fraction of sp³-hybridized carbons (Fsp3) is 0.278. The molecule has 9 heteroatoms. The molecule has 27 heavy (non-hydrogen) atoms. The third kappa shape index (κ3) is 4.57. The van der Waals surface area contributed by atoms with E-state index in [9.17, 15) is 19.7 Å². The third-order valence-electron chi connectivity index (χ3n) is 3.35. The molecule has 0 spiro atoms. The van der Waals surface area contributed by atoms with Gasteiger partial charge in [0.25, 0.3) is 5.69 Å². The number of aromatic nitrogens is 1. The van der Waals surface area contributed by atoms with E-state index in [-0.39, 0.29) is 22.8 Å². The highest BCUT2D eigenvalue weighted by atomic mass is 16.6. The van der Waals surface area contributed by atoms with Gasteiger partial charge in [-0.05, 0) is 45.0 Å². The summed E-state index contributed by atoms with van der Waals surface area (Å²) in [6.07, 6.45) is 0.974. The number of nitro benzene ring substituents is 1. The third-order valence-corrected chi connectivity index (χ3v) is 3.35. The van der Waals surface area contributed by atoms with Crippen molar-refractivity contribution in [2.24, 2.45) is 0 Å². The Kier molecular flexibility index (Phi) is 5.74. The Balaban J connectivity index is 2.72. The number of nitrogens with zero attached hydrogens (tertiary/aromatic N) is 3. The molecule has 0 atom stereocenters. The van der Waals surface area contributed by atoms with Gasteiger partial charge < -0.3 is 9.47 Å². The van der Waals surface area contributed by atoms with E-state index in [1.54, 1.807) is 20.8 Å². The maximum Gasteiger partial charge on any atom is 0.420 e. The van der Waals surface area contributed by atoms with Gasteiger partial charge in [-0.2, -0.15) is 0 Å². The predicted octanol–water partition coefficient (Wildman–Crippen LogP) is 3.88. The molecule has 1 amide bonds. The van der Waals surface area contributed by atoms with Crippen LogP contribution in [0.4, 0.5) is 22.0 Å². The number of pyridine rings is 1. The summed E-state index contributed by atoms with van der Waals surface area (Å²) in [6.45, 7) is 4.97. The molecule has 0 saturated heterocycles. The fourth-order valence-corrected chi connectivity index (χ4v) is 2.26. The van der Waals surface area contributed by atoms with E-state index in [4.69, 9.17) is 9.47 Å². The number of anilines is 2. The van der Waals surface area contributed by atoms with Crippen LogP contribution < -0.4 is 9.64 Å². The van der Waals surface area contributed by atoms with Crippen molar-refractivity contribution in [3.63, 3.8) is 0 Å². The first-order chi connectivity index (χ1) is 12.7. The lowest BCUT2D eigenvalue weighted by Crippen LogP contribution is -2.35. The predicted molar refractivity (Wildman–Crippen MR) is 97.6 cm³/mol. The van der Waals surface area contributed by atoms with Gasteiger partial charge in [-0.1, -0.05) is 0 Å². The van der Waals surface area contributed by atoms with Crippen LogP contribution in [0.5, 0.6) is 5.75 Å². The van der Waals surface area contributed by atoms with E-state index in [1.807, 2.05) is 0 Å². The minimum atomic E-state index is -0.905. The minimum absolute atomic E-state index is 0.0741. The molecule has 0 bridgehead atoms. The maximum absolute atomic E-state index is 12.9. The quantitative estimate of drug-likeness (QED) is 0.444. The molecule has 0 saturated carbocycles. The van der Waals surface area contributed by atoms with Crippen LogP contribution >= 0.6 is 0 Å². The molecule has 1 aromatic carbocycles. The first-order valence-corrected chi connectivity index (χ1v) is 7.93. The molecule has 0 N–H and O–H groups in total. The molecular weight excluding hydrogens is 354 g/mol. The van der Waals surface area contributed by atoms with E-state index >= 15 is 0 Å². The lowest BCUT2D eigenvalue weighted by atomic mass is 10.2. The first-order valence-electron chi connectivity index (χ1n) is 7.93. The molecular formula is C18H19N3O6. The van der Waals surface area contributed by atoms with Gasteiger partial charge in [0.15, 0.2) is 12.1 Å². The zero-order valence-electron chi connectivity index (χ0n) is 15.3. The van der Waals surface area contributed by atoms with E-state index in [0.29, 0.717) is 6.29 Å². The van der Waals surface area contributed by atoms with Crippen LogP contribution in [0.1, 0.15) is 31.1 Å². The van der Waals surface area contributed by atoms with Crippen molar-refractivity contribution in [3.8, 4) is 5.75 Å². The van der Waals surface area contributed by atoms with Crippen LogP contribution in [0, 0.1) is 10.1 Å². The van der Waals surface area contributed by atoms with Gasteiger partial charge in [0, 0.05) is 6.20 Å². The van der Waals surface area contributed by atoms with E-state index < -0.39 is 22.3 Å². The second-order valence-corrected chi connectivity index (χ2v) is 6.46. The van der Waals surface area contributed by atoms with Gasteiger partial charge >= 0.3 is 6.09 Å². The molecule has 0 radical (unpaired) electrons. The van der Waals surface area contributed by atoms with Crippen molar-refractivity contribution in [2.75, 3.05) is 12.0 Å². The van der Waals surface area contributed by atoms with Crippen LogP contribution in [-0.2, 0) is 4.74 Å². The average molecular weight is 373 g/mol. The molecule has 1 heterocycles. The van der Waals surface area contributed by atoms with Crippen molar-refractivity contribution < 1.29 is 24.0 Å². The number of carbonyl (C=O) groups excluding carboxylic acids is 2. The van der Waals surface area contributed by atoms with Crippen LogP contribution in [-0.4, -0.2) is 35.0 Å². The van der Waals surface area contributed by atoms with Crippen LogP contribution in [0.3, 0.4) is 0 Å². The van der Waals surface area contributed by atoms with Gasteiger partial charge in [0.1, 0.15) is 17.0 Å². The number of nitro groups is 1. The number of hydrogen-bond acceptors (Lipinski definition) is 7. The van der Waals surface area contributed by atoms with Crippen LogP contribution in [0.15, 0.2) is 36.5 Å². The van der Waals surface area contributed by atoms with Gasteiger partial charge in [-0.15, -0.1) is 0 Å². The van der Waals surface area contributed by atoms with Gasteiger partial charge in [0.05, 0.1) is 23.7 Å². The SMILES string of the molecule is COc1ccc(N(C(=O)OC(C)(C)C)c2ncccc2C=O)c([N+](=O)[O-])c1. The molecule has 9 nitrogen and oxygen atoms in total. The van der Waals surface area contributed by atoms with Gasteiger partial charge in [-0.3, -0.25) is 14.9 Å². The number of carbonyl (C=O) groups is 2. The Morgan fingerprint density at radius 2 is 2.00 bits per heavy atom. The Hall–Kier alpha value is -3.49. The second-order valence-electron chi connectivity index (χ2n) is 6.46.